The van der Waals surface area contributed by atoms with Crippen LogP contribution in [0.2, 0.25) is 0 Å². The maximum Gasteiger partial charge on any atom is 0.119 e. The van der Waals surface area contributed by atoms with Gasteiger partial charge in [0.05, 0.1) is 12.1 Å². The van der Waals surface area contributed by atoms with Gasteiger partial charge < -0.3 is 10.1 Å². The standard InChI is InChI=1S/C18H22BrNO/c1-12(2)21-15-10-8-14(9-11-15)18(20-4)16-7-5-6-13(3)17(16)19/h5-12,18,20H,1-4H3. The molecule has 112 valence electrons. The maximum atomic E-state index is 5.70. The van der Waals surface area contributed by atoms with Crippen molar-refractivity contribution in [2.75, 3.05) is 7.05 Å². The Kier molecular flexibility index (Phi) is 5.43. The molecule has 2 aromatic carbocycles. The summed E-state index contributed by atoms with van der Waals surface area (Å²) in [6, 6.07) is 14.8. The highest BCUT2D eigenvalue weighted by Gasteiger charge is 2.15. The van der Waals surface area contributed by atoms with Crippen LogP contribution in [0.25, 0.3) is 0 Å². The summed E-state index contributed by atoms with van der Waals surface area (Å²) in [7, 11) is 1.98. The van der Waals surface area contributed by atoms with Crippen molar-refractivity contribution in [3.63, 3.8) is 0 Å². The molecule has 3 heteroatoms. The average Bonchev–Trinajstić information content (AvgIpc) is 2.45. The zero-order valence-electron chi connectivity index (χ0n) is 13.0. The molecule has 0 aliphatic heterocycles. The topological polar surface area (TPSA) is 21.3 Å². The van der Waals surface area contributed by atoms with E-state index in [2.05, 4.69) is 58.5 Å². The first-order chi connectivity index (χ1) is 10.0. The summed E-state index contributed by atoms with van der Waals surface area (Å²) in [6.07, 6.45) is 0.196. The summed E-state index contributed by atoms with van der Waals surface area (Å²) in [5, 5.41) is 3.39. The van der Waals surface area contributed by atoms with Crippen LogP contribution in [0, 0.1) is 6.92 Å². The van der Waals surface area contributed by atoms with Crippen LogP contribution in [0.1, 0.15) is 36.6 Å². The van der Waals surface area contributed by atoms with E-state index in [1.807, 2.05) is 33.0 Å². The quantitative estimate of drug-likeness (QED) is 0.834. The van der Waals surface area contributed by atoms with Crippen molar-refractivity contribution < 1.29 is 4.74 Å². The monoisotopic (exact) mass is 347 g/mol. The van der Waals surface area contributed by atoms with Crippen molar-refractivity contribution in [2.24, 2.45) is 0 Å². The van der Waals surface area contributed by atoms with Crippen molar-refractivity contribution in [3.8, 4) is 5.75 Å². The van der Waals surface area contributed by atoms with E-state index in [0.29, 0.717) is 0 Å². The molecular formula is C18H22BrNO. The Labute approximate surface area is 135 Å². The Morgan fingerprint density at radius 2 is 1.71 bits per heavy atom. The minimum absolute atomic E-state index is 0.160. The molecule has 0 spiro atoms. The fourth-order valence-electron chi connectivity index (χ4n) is 2.41. The van der Waals surface area contributed by atoms with E-state index in [-0.39, 0.29) is 12.1 Å². The molecule has 2 aromatic rings. The first-order valence-electron chi connectivity index (χ1n) is 7.21. The minimum atomic E-state index is 0.160. The fourth-order valence-corrected chi connectivity index (χ4v) is 2.90. The lowest BCUT2D eigenvalue weighted by molar-refractivity contribution is 0.242. The lowest BCUT2D eigenvalue weighted by Gasteiger charge is -2.20. The van der Waals surface area contributed by atoms with Gasteiger partial charge in [-0.2, -0.15) is 0 Å². The number of nitrogens with one attached hydrogen (secondary N) is 1. The van der Waals surface area contributed by atoms with Gasteiger partial charge in [0, 0.05) is 4.47 Å². The molecule has 1 N–H and O–H groups in total. The van der Waals surface area contributed by atoms with Gasteiger partial charge in [-0.1, -0.05) is 46.3 Å². The molecule has 0 saturated heterocycles. The first kappa shape index (κ1) is 16.1. The van der Waals surface area contributed by atoms with E-state index in [9.17, 15) is 0 Å². The van der Waals surface area contributed by atoms with Crippen LogP contribution in [0.3, 0.4) is 0 Å². The molecule has 2 nitrogen and oxygen atoms in total. The predicted octanol–water partition coefficient (Wildman–Crippen LogP) is 4.85. The van der Waals surface area contributed by atoms with Crippen LogP contribution >= 0.6 is 15.9 Å². The van der Waals surface area contributed by atoms with Gasteiger partial charge in [-0.05, 0) is 56.6 Å². The van der Waals surface area contributed by atoms with Gasteiger partial charge in [-0.25, -0.2) is 0 Å². The van der Waals surface area contributed by atoms with Crippen molar-refractivity contribution in [3.05, 3.63) is 63.6 Å². The largest absolute Gasteiger partial charge is 0.491 e. The van der Waals surface area contributed by atoms with Crippen LogP contribution in [0.4, 0.5) is 0 Å². The molecule has 0 bridgehead atoms. The van der Waals surface area contributed by atoms with Gasteiger partial charge in [0.15, 0.2) is 0 Å². The zero-order chi connectivity index (χ0) is 15.4. The molecule has 0 fully saturated rings. The molecule has 1 atom stereocenters. The lowest BCUT2D eigenvalue weighted by atomic mass is 9.97. The SMILES string of the molecule is CNC(c1ccc(OC(C)C)cc1)c1cccc(C)c1Br. The van der Waals surface area contributed by atoms with Crippen molar-refractivity contribution in [2.45, 2.75) is 32.9 Å². The zero-order valence-corrected chi connectivity index (χ0v) is 14.6. The van der Waals surface area contributed by atoms with Crippen molar-refractivity contribution in [1.29, 1.82) is 0 Å². The molecule has 0 aliphatic carbocycles. The van der Waals surface area contributed by atoms with Crippen molar-refractivity contribution >= 4 is 15.9 Å². The Morgan fingerprint density at radius 1 is 1.05 bits per heavy atom. The van der Waals surface area contributed by atoms with Gasteiger partial charge in [0.25, 0.3) is 0 Å². The van der Waals surface area contributed by atoms with Gasteiger partial charge in [-0.15, -0.1) is 0 Å². The van der Waals surface area contributed by atoms with E-state index in [1.165, 1.54) is 16.7 Å². The summed E-state index contributed by atoms with van der Waals surface area (Å²) in [4.78, 5) is 0. The van der Waals surface area contributed by atoms with E-state index in [1.54, 1.807) is 0 Å². The molecule has 1 unspecified atom stereocenters. The third-order valence-electron chi connectivity index (χ3n) is 3.41. The number of hydrogen-bond acceptors (Lipinski definition) is 2. The van der Waals surface area contributed by atoms with Gasteiger partial charge >= 0.3 is 0 Å². The molecule has 0 radical (unpaired) electrons. The Morgan fingerprint density at radius 3 is 2.29 bits per heavy atom. The van der Waals surface area contributed by atoms with Gasteiger partial charge in [-0.3, -0.25) is 0 Å². The Bertz CT molecular complexity index is 593. The highest BCUT2D eigenvalue weighted by molar-refractivity contribution is 9.10. The summed E-state index contributed by atoms with van der Waals surface area (Å²) < 4.78 is 6.86. The van der Waals surface area contributed by atoms with Gasteiger partial charge in [0.2, 0.25) is 0 Å². The lowest BCUT2D eigenvalue weighted by Crippen LogP contribution is -2.18. The Hall–Kier alpha value is -1.32. The first-order valence-corrected chi connectivity index (χ1v) is 8.01. The molecule has 0 amide bonds. The number of halogens is 1. The number of rotatable bonds is 5. The third-order valence-corrected chi connectivity index (χ3v) is 4.49. The smallest absolute Gasteiger partial charge is 0.119 e. The van der Waals surface area contributed by atoms with E-state index < -0.39 is 0 Å². The van der Waals surface area contributed by atoms with E-state index in [0.717, 1.165) is 10.2 Å². The average molecular weight is 348 g/mol. The van der Waals surface area contributed by atoms with E-state index in [4.69, 9.17) is 4.74 Å². The molecule has 0 heterocycles. The molecular weight excluding hydrogens is 326 g/mol. The van der Waals surface area contributed by atoms with E-state index >= 15 is 0 Å². The highest BCUT2D eigenvalue weighted by Crippen LogP contribution is 2.31. The van der Waals surface area contributed by atoms with Crippen LogP contribution < -0.4 is 10.1 Å². The van der Waals surface area contributed by atoms with Crippen LogP contribution in [-0.4, -0.2) is 13.2 Å². The molecule has 0 aromatic heterocycles. The normalized spacial score (nSPS) is 12.5. The highest BCUT2D eigenvalue weighted by atomic mass is 79.9. The second-order valence-electron chi connectivity index (χ2n) is 5.44. The fraction of sp³-hybridized carbons (Fsp3) is 0.333. The number of hydrogen-bond donors (Lipinski definition) is 1. The number of benzene rings is 2. The third kappa shape index (κ3) is 3.86. The molecule has 21 heavy (non-hydrogen) atoms. The van der Waals surface area contributed by atoms with Crippen molar-refractivity contribution in [1.82, 2.24) is 5.32 Å². The Balaban J connectivity index is 2.31. The summed E-state index contributed by atoms with van der Waals surface area (Å²) in [6.45, 7) is 6.18. The minimum Gasteiger partial charge on any atom is -0.491 e. The predicted molar refractivity (Wildman–Crippen MR) is 92.0 cm³/mol. The van der Waals surface area contributed by atoms with Gasteiger partial charge in [0.1, 0.15) is 5.75 Å². The number of aryl methyl sites for hydroxylation is 1. The second-order valence-corrected chi connectivity index (χ2v) is 6.23. The number of ether oxygens (including phenoxy) is 1. The maximum absolute atomic E-state index is 5.70. The van der Waals surface area contributed by atoms with Crippen LogP contribution in [0.5, 0.6) is 5.75 Å². The molecule has 2 rings (SSSR count). The molecule has 0 aliphatic rings. The summed E-state index contributed by atoms with van der Waals surface area (Å²) >= 11 is 3.70. The van der Waals surface area contributed by atoms with Crippen LogP contribution in [0.15, 0.2) is 46.9 Å². The molecule has 0 saturated carbocycles. The summed E-state index contributed by atoms with van der Waals surface area (Å²) in [5.41, 5.74) is 3.71. The second kappa shape index (κ2) is 7.10. The van der Waals surface area contributed by atoms with Crippen LogP contribution in [-0.2, 0) is 0 Å². The summed E-state index contributed by atoms with van der Waals surface area (Å²) in [5.74, 6) is 0.909.